The Morgan fingerprint density at radius 2 is 2.05 bits per heavy atom. The first kappa shape index (κ1) is 13.4. The van der Waals surface area contributed by atoms with E-state index in [1.807, 2.05) is 56.3 Å². The van der Waals surface area contributed by atoms with Crippen molar-refractivity contribution < 1.29 is 4.42 Å². The van der Waals surface area contributed by atoms with Gasteiger partial charge in [-0.3, -0.25) is 4.98 Å². The molecule has 2 nitrogen and oxygen atoms in total. The van der Waals surface area contributed by atoms with E-state index in [9.17, 15) is 0 Å². The molecule has 1 aromatic carbocycles. The van der Waals surface area contributed by atoms with E-state index in [0.29, 0.717) is 0 Å². The van der Waals surface area contributed by atoms with Gasteiger partial charge >= 0.3 is 0 Å². The topological polar surface area (TPSA) is 26.0 Å². The van der Waals surface area contributed by atoms with Crippen molar-refractivity contribution in [2.75, 3.05) is 0 Å². The Bertz CT molecular complexity index is 840. The summed E-state index contributed by atoms with van der Waals surface area (Å²) in [6.07, 6.45) is 5.76. The zero-order chi connectivity index (χ0) is 14.8. The monoisotopic (exact) mass is 275 g/mol. The standard InChI is InChI=1S/C19H17NO/c1-4-7-18-15(5-2)16-11-10-14(12-19(16)21-18)17-9-6-8-13(3)20-17/h4-12H,2H2,1,3H3/b7-4-. The number of allylic oxidation sites excluding steroid dienone is 1. The molecule has 0 saturated carbocycles. The van der Waals surface area contributed by atoms with Crippen molar-refractivity contribution in [2.24, 2.45) is 0 Å². The summed E-state index contributed by atoms with van der Waals surface area (Å²) in [5, 5.41) is 1.08. The molecule has 0 fully saturated rings. The van der Waals surface area contributed by atoms with E-state index >= 15 is 0 Å². The normalized spacial score (nSPS) is 11.3. The second-order valence-electron chi connectivity index (χ2n) is 4.96. The van der Waals surface area contributed by atoms with E-state index < -0.39 is 0 Å². The molecule has 0 aliphatic rings. The molecule has 3 rings (SSSR count). The van der Waals surface area contributed by atoms with Crippen molar-refractivity contribution in [3.8, 4) is 11.3 Å². The first-order valence-corrected chi connectivity index (χ1v) is 6.98. The van der Waals surface area contributed by atoms with Crippen molar-refractivity contribution in [1.29, 1.82) is 0 Å². The van der Waals surface area contributed by atoms with Crippen LogP contribution in [-0.4, -0.2) is 4.98 Å². The smallest absolute Gasteiger partial charge is 0.136 e. The van der Waals surface area contributed by atoms with Gasteiger partial charge in [-0.1, -0.05) is 30.9 Å². The molecular formula is C19H17NO. The molecule has 0 saturated heterocycles. The molecule has 0 atom stereocenters. The van der Waals surface area contributed by atoms with Gasteiger partial charge in [-0.2, -0.15) is 0 Å². The zero-order valence-corrected chi connectivity index (χ0v) is 12.3. The van der Waals surface area contributed by atoms with Gasteiger partial charge in [0.1, 0.15) is 11.3 Å². The third kappa shape index (κ3) is 2.40. The van der Waals surface area contributed by atoms with E-state index in [2.05, 4.69) is 23.7 Å². The first-order chi connectivity index (χ1) is 10.2. The van der Waals surface area contributed by atoms with Crippen LogP contribution >= 0.6 is 0 Å². The highest BCUT2D eigenvalue weighted by Gasteiger charge is 2.11. The lowest BCUT2D eigenvalue weighted by Gasteiger charge is -2.01. The first-order valence-electron chi connectivity index (χ1n) is 6.98. The van der Waals surface area contributed by atoms with E-state index in [4.69, 9.17) is 4.42 Å². The quantitative estimate of drug-likeness (QED) is 0.632. The third-order valence-electron chi connectivity index (χ3n) is 3.46. The fraction of sp³-hybridized carbons (Fsp3) is 0.105. The molecule has 21 heavy (non-hydrogen) atoms. The lowest BCUT2D eigenvalue weighted by molar-refractivity contribution is 0.603. The summed E-state index contributed by atoms with van der Waals surface area (Å²) in [7, 11) is 0. The molecule has 2 aromatic heterocycles. The average Bonchev–Trinajstić information content (AvgIpc) is 2.83. The van der Waals surface area contributed by atoms with Crippen LogP contribution in [0.4, 0.5) is 0 Å². The Labute approximate surface area is 124 Å². The van der Waals surface area contributed by atoms with Crippen LogP contribution in [-0.2, 0) is 0 Å². The lowest BCUT2D eigenvalue weighted by Crippen LogP contribution is -1.85. The zero-order valence-electron chi connectivity index (χ0n) is 12.3. The number of furan rings is 1. The van der Waals surface area contributed by atoms with E-state index in [-0.39, 0.29) is 0 Å². The minimum absolute atomic E-state index is 0.844. The Morgan fingerprint density at radius 1 is 1.19 bits per heavy atom. The van der Waals surface area contributed by atoms with E-state index in [1.54, 1.807) is 0 Å². The maximum absolute atomic E-state index is 5.94. The molecule has 0 bridgehead atoms. The van der Waals surface area contributed by atoms with Crippen molar-refractivity contribution >= 4 is 23.1 Å². The molecule has 0 radical (unpaired) electrons. The highest BCUT2D eigenvalue weighted by molar-refractivity contribution is 5.93. The van der Waals surface area contributed by atoms with Crippen molar-refractivity contribution in [3.05, 3.63) is 66.1 Å². The molecule has 104 valence electrons. The maximum atomic E-state index is 5.94. The molecule has 0 unspecified atom stereocenters. The Hall–Kier alpha value is -2.61. The van der Waals surface area contributed by atoms with Crippen LogP contribution in [0.25, 0.3) is 34.4 Å². The minimum atomic E-state index is 0.844. The highest BCUT2D eigenvalue weighted by Crippen LogP contribution is 2.31. The fourth-order valence-electron chi connectivity index (χ4n) is 2.48. The van der Waals surface area contributed by atoms with Crippen LogP contribution in [0, 0.1) is 6.92 Å². The summed E-state index contributed by atoms with van der Waals surface area (Å²) in [6, 6.07) is 12.2. The average molecular weight is 275 g/mol. The fourth-order valence-corrected chi connectivity index (χ4v) is 2.48. The predicted molar refractivity (Wildman–Crippen MR) is 89.0 cm³/mol. The van der Waals surface area contributed by atoms with Gasteiger partial charge < -0.3 is 4.42 Å². The molecule has 3 aromatic rings. The summed E-state index contributed by atoms with van der Waals surface area (Å²) < 4.78 is 5.94. The Kier molecular flexibility index (Phi) is 3.44. The summed E-state index contributed by atoms with van der Waals surface area (Å²) in [5.74, 6) is 0.844. The van der Waals surface area contributed by atoms with E-state index in [1.165, 1.54) is 0 Å². The third-order valence-corrected chi connectivity index (χ3v) is 3.46. The van der Waals surface area contributed by atoms with Crippen molar-refractivity contribution in [1.82, 2.24) is 4.98 Å². The second kappa shape index (κ2) is 5.41. The lowest BCUT2D eigenvalue weighted by atomic mass is 10.1. The molecule has 0 spiro atoms. The van der Waals surface area contributed by atoms with Gasteiger partial charge in [0, 0.05) is 22.2 Å². The SMILES string of the molecule is C=Cc1c(/C=C\C)oc2cc(-c3cccc(C)n3)ccc12. The number of benzene rings is 1. The number of aromatic nitrogens is 1. The number of hydrogen-bond donors (Lipinski definition) is 0. The van der Waals surface area contributed by atoms with Crippen LogP contribution in [0.2, 0.25) is 0 Å². The summed E-state index contributed by atoms with van der Waals surface area (Å²) in [5.41, 5.74) is 4.92. The van der Waals surface area contributed by atoms with Crippen LogP contribution in [0.5, 0.6) is 0 Å². The van der Waals surface area contributed by atoms with Gasteiger partial charge in [-0.25, -0.2) is 0 Å². The predicted octanol–water partition coefficient (Wildman–Crippen LogP) is 5.48. The molecule has 0 amide bonds. The van der Waals surface area contributed by atoms with E-state index in [0.717, 1.165) is 39.2 Å². The molecule has 0 aliphatic heterocycles. The number of fused-ring (bicyclic) bond motifs is 1. The summed E-state index contributed by atoms with van der Waals surface area (Å²) in [6.45, 7) is 7.85. The number of nitrogens with zero attached hydrogens (tertiary/aromatic N) is 1. The molecule has 2 heteroatoms. The van der Waals surface area contributed by atoms with Gasteiger partial charge in [-0.15, -0.1) is 0 Å². The number of pyridine rings is 1. The van der Waals surface area contributed by atoms with Crippen LogP contribution < -0.4 is 0 Å². The summed E-state index contributed by atoms with van der Waals surface area (Å²) in [4.78, 5) is 4.56. The van der Waals surface area contributed by atoms with Gasteiger partial charge in [0.05, 0.1) is 5.69 Å². The van der Waals surface area contributed by atoms with Crippen LogP contribution in [0.1, 0.15) is 23.9 Å². The van der Waals surface area contributed by atoms with Crippen molar-refractivity contribution in [2.45, 2.75) is 13.8 Å². The van der Waals surface area contributed by atoms with Crippen LogP contribution in [0.3, 0.4) is 0 Å². The second-order valence-corrected chi connectivity index (χ2v) is 4.96. The summed E-state index contributed by atoms with van der Waals surface area (Å²) >= 11 is 0. The van der Waals surface area contributed by atoms with Crippen LogP contribution in [0.15, 0.2) is 53.5 Å². The van der Waals surface area contributed by atoms with Gasteiger partial charge in [0.15, 0.2) is 0 Å². The molecule has 2 heterocycles. The van der Waals surface area contributed by atoms with Crippen molar-refractivity contribution in [3.63, 3.8) is 0 Å². The van der Waals surface area contributed by atoms with Gasteiger partial charge in [0.25, 0.3) is 0 Å². The molecule has 0 aliphatic carbocycles. The molecular weight excluding hydrogens is 258 g/mol. The number of hydrogen-bond acceptors (Lipinski definition) is 2. The Morgan fingerprint density at radius 3 is 2.76 bits per heavy atom. The Balaban J connectivity index is 2.19. The number of aryl methyl sites for hydroxylation is 1. The number of rotatable bonds is 3. The molecule has 0 N–H and O–H groups in total. The van der Waals surface area contributed by atoms with Gasteiger partial charge in [-0.05, 0) is 44.2 Å². The van der Waals surface area contributed by atoms with Gasteiger partial charge in [0.2, 0.25) is 0 Å². The maximum Gasteiger partial charge on any atom is 0.136 e. The largest absolute Gasteiger partial charge is 0.456 e. The highest BCUT2D eigenvalue weighted by atomic mass is 16.3. The minimum Gasteiger partial charge on any atom is -0.456 e.